The Balaban J connectivity index is 1.60. The van der Waals surface area contributed by atoms with E-state index in [2.05, 4.69) is 9.64 Å². The molecule has 118 valence electrons. The molecule has 1 aliphatic rings. The fraction of sp³-hybridized carbons (Fsp3) is 0.438. The second kappa shape index (κ2) is 6.81. The molecular weight excluding hydrogens is 286 g/mol. The van der Waals surface area contributed by atoms with Crippen LogP contribution < -0.4 is 4.74 Å². The molecule has 6 nitrogen and oxygen atoms in total. The van der Waals surface area contributed by atoms with Crippen LogP contribution in [-0.4, -0.2) is 57.4 Å². The van der Waals surface area contributed by atoms with Gasteiger partial charge in [0.1, 0.15) is 17.9 Å². The van der Waals surface area contributed by atoms with Gasteiger partial charge in [0.25, 0.3) is 0 Å². The molecule has 0 unspecified atom stereocenters. The van der Waals surface area contributed by atoms with E-state index in [-0.39, 0.29) is 5.76 Å². The van der Waals surface area contributed by atoms with E-state index in [1.165, 1.54) is 7.11 Å². The number of carbonyl (C=O) groups is 1. The van der Waals surface area contributed by atoms with Gasteiger partial charge >= 0.3 is 5.97 Å². The Kier molecular flexibility index (Phi) is 4.60. The third kappa shape index (κ3) is 3.40. The van der Waals surface area contributed by atoms with Gasteiger partial charge in [0, 0.05) is 31.1 Å². The van der Waals surface area contributed by atoms with Gasteiger partial charge in [-0.25, -0.2) is 4.79 Å². The lowest BCUT2D eigenvalue weighted by atomic mass is 10.2. The third-order valence-electron chi connectivity index (χ3n) is 3.66. The zero-order chi connectivity index (χ0) is 15.4. The van der Waals surface area contributed by atoms with E-state index in [1.807, 2.05) is 12.1 Å². The van der Waals surface area contributed by atoms with E-state index in [9.17, 15) is 4.79 Å². The summed E-state index contributed by atoms with van der Waals surface area (Å²) < 4.78 is 21.2. The van der Waals surface area contributed by atoms with Crippen LogP contribution in [0.5, 0.6) is 5.75 Å². The van der Waals surface area contributed by atoms with Crippen molar-refractivity contribution in [3.8, 4) is 5.75 Å². The number of morpholine rings is 1. The maximum absolute atomic E-state index is 11.5. The number of furan rings is 1. The number of hydrogen-bond donors (Lipinski definition) is 0. The molecule has 1 aliphatic heterocycles. The number of fused-ring (bicyclic) bond motifs is 1. The van der Waals surface area contributed by atoms with Crippen molar-refractivity contribution in [2.45, 2.75) is 0 Å². The molecule has 0 aliphatic carbocycles. The van der Waals surface area contributed by atoms with Crippen LogP contribution in [0, 0.1) is 0 Å². The van der Waals surface area contributed by atoms with E-state index in [0.717, 1.165) is 44.0 Å². The second-order valence-corrected chi connectivity index (χ2v) is 5.10. The number of hydrogen-bond acceptors (Lipinski definition) is 6. The highest BCUT2D eigenvalue weighted by molar-refractivity contribution is 5.92. The van der Waals surface area contributed by atoms with E-state index >= 15 is 0 Å². The van der Waals surface area contributed by atoms with Crippen molar-refractivity contribution in [1.82, 2.24) is 4.90 Å². The van der Waals surface area contributed by atoms with Crippen LogP contribution >= 0.6 is 0 Å². The maximum atomic E-state index is 11.5. The standard InChI is InChI=1S/C16H19NO5/c1-19-16(18)15-10-12-2-3-13(11-14(12)22-15)21-9-6-17-4-7-20-8-5-17/h2-3,10-11H,4-9H2,1H3. The molecule has 0 radical (unpaired) electrons. The topological polar surface area (TPSA) is 61.1 Å². The quantitative estimate of drug-likeness (QED) is 0.787. The van der Waals surface area contributed by atoms with E-state index in [4.69, 9.17) is 13.9 Å². The number of rotatable bonds is 5. The van der Waals surface area contributed by atoms with Crippen molar-refractivity contribution in [1.29, 1.82) is 0 Å². The van der Waals surface area contributed by atoms with Gasteiger partial charge in [0.2, 0.25) is 5.76 Å². The van der Waals surface area contributed by atoms with Gasteiger partial charge in [0.15, 0.2) is 0 Å². The molecular formula is C16H19NO5. The summed E-state index contributed by atoms with van der Waals surface area (Å²) in [7, 11) is 1.33. The highest BCUT2D eigenvalue weighted by Crippen LogP contribution is 2.24. The molecule has 1 aromatic carbocycles. The van der Waals surface area contributed by atoms with Gasteiger partial charge < -0.3 is 18.6 Å². The Hall–Kier alpha value is -2.05. The van der Waals surface area contributed by atoms with Crippen LogP contribution in [-0.2, 0) is 9.47 Å². The zero-order valence-electron chi connectivity index (χ0n) is 12.5. The molecule has 0 saturated carbocycles. The molecule has 3 rings (SSSR count). The van der Waals surface area contributed by atoms with Crippen molar-refractivity contribution in [2.24, 2.45) is 0 Å². The first kappa shape index (κ1) is 14.9. The predicted octanol–water partition coefficient (Wildman–Crippen LogP) is 1.93. The molecule has 22 heavy (non-hydrogen) atoms. The lowest BCUT2D eigenvalue weighted by molar-refractivity contribution is 0.0322. The minimum absolute atomic E-state index is 0.197. The van der Waals surface area contributed by atoms with Crippen molar-refractivity contribution < 1.29 is 23.4 Å². The fourth-order valence-corrected chi connectivity index (χ4v) is 2.42. The van der Waals surface area contributed by atoms with Crippen molar-refractivity contribution in [3.63, 3.8) is 0 Å². The molecule has 0 amide bonds. The molecule has 0 spiro atoms. The summed E-state index contributed by atoms with van der Waals surface area (Å²) >= 11 is 0. The van der Waals surface area contributed by atoms with E-state index < -0.39 is 5.97 Å². The summed E-state index contributed by atoms with van der Waals surface area (Å²) in [6.07, 6.45) is 0. The van der Waals surface area contributed by atoms with E-state index in [0.29, 0.717) is 12.2 Å². The molecule has 1 fully saturated rings. The number of nitrogens with zero attached hydrogens (tertiary/aromatic N) is 1. The van der Waals surface area contributed by atoms with Gasteiger partial charge in [-0.05, 0) is 18.2 Å². The Bertz CT molecular complexity index is 645. The summed E-state index contributed by atoms with van der Waals surface area (Å²) in [6, 6.07) is 7.20. The van der Waals surface area contributed by atoms with Gasteiger partial charge in [-0.15, -0.1) is 0 Å². The summed E-state index contributed by atoms with van der Waals surface area (Å²) in [4.78, 5) is 13.8. The minimum atomic E-state index is -0.481. The number of carbonyl (C=O) groups excluding carboxylic acids is 1. The summed E-state index contributed by atoms with van der Waals surface area (Å²) in [5.41, 5.74) is 0.615. The number of esters is 1. The fourth-order valence-electron chi connectivity index (χ4n) is 2.42. The summed E-state index contributed by atoms with van der Waals surface area (Å²) in [5, 5.41) is 0.848. The maximum Gasteiger partial charge on any atom is 0.373 e. The molecule has 0 bridgehead atoms. The lowest BCUT2D eigenvalue weighted by Crippen LogP contribution is -2.38. The monoisotopic (exact) mass is 305 g/mol. The van der Waals surface area contributed by atoms with Crippen LogP contribution in [0.3, 0.4) is 0 Å². The van der Waals surface area contributed by atoms with Crippen LogP contribution in [0.4, 0.5) is 0 Å². The first-order chi connectivity index (χ1) is 10.8. The minimum Gasteiger partial charge on any atom is -0.492 e. The van der Waals surface area contributed by atoms with Crippen LogP contribution in [0.15, 0.2) is 28.7 Å². The molecule has 1 saturated heterocycles. The average molecular weight is 305 g/mol. The molecule has 0 N–H and O–H groups in total. The molecule has 0 atom stereocenters. The van der Waals surface area contributed by atoms with Gasteiger partial charge in [-0.1, -0.05) is 0 Å². The Morgan fingerprint density at radius 1 is 1.27 bits per heavy atom. The van der Waals surface area contributed by atoms with Gasteiger partial charge in [-0.2, -0.15) is 0 Å². The first-order valence-electron chi connectivity index (χ1n) is 7.31. The number of ether oxygens (including phenoxy) is 3. The molecule has 6 heteroatoms. The normalized spacial score (nSPS) is 15.9. The van der Waals surface area contributed by atoms with Crippen molar-refractivity contribution in [3.05, 3.63) is 30.0 Å². The largest absolute Gasteiger partial charge is 0.492 e. The highest BCUT2D eigenvalue weighted by atomic mass is 16.5. The van der Waals surface area contributed by atoms with Crippen molar-refractivity contribution >= 4 is 16.9 Å². The first-order valence-corrected chi connectivity index (χ1v) is 7.31. The zero-order valence-corrected chi connectivity index (χ0v) is 12.5. The summed E-state index contributed by atoms with van der Waals surface area (Å²) in [5.74, 6) is 0.445. The smallest absolute Gasteiger partial charge is 0.373 e. The Morgan fingerprint density at radius 3 is 2.86 bits per heavy atom. The number of benzene rings is 1. The van der Waals surface area contributed by atoms with Crippen LogP contribution in [0.2, 0.25) is 0 Å². The van der Waals surface area contributed by atoms with Gasteiger partial charge in [0.05, 0.1) is 20.3 Å². The van der Waals surface area contributed by atoms with E-state index in [1.54, 1.807) is 12.1 Å². The van der Waals surface area contributed by atoms with Crippen LogP contribution in [0.1, 0.15) is 10.6 Å². The second-order valence-electron chi connectivity index (χ2n) is 5.10. The Morgan fingerprint density at radius 2 is 2.09 bits per heavy atom. The molecule has 1 aromatic heterocycles. The lowest BCUT2D eigenvalue weighted by Gasteiger charge is -2.26. The van der Waals surface area contributed by atoms with Crippen molar-refractivity contribution in [2.75, 3.05) is 46.6 Å². The highest BCUT2D eigenvalue weighted by Gasteiger charge is 2.13. The molecule has 2 heterocycles. The average Bonchev–Trinajstić information content (AvgIpc) is 2.98. The third-order valence-corrected chi connectivity index (χ3v) is 3.66. The molecule has 2 aromatic rings. The van der Waals surface area contributed by atoms with Gasteiger partial charge in [-0.3, -0.25) is 4.90 Å². The number of methoxy groups -OCH3 is 1. The van der Waals surface area contributed by atoms with Crippen LogP contribution in [0.25, 0.3) is 11.0 Å². The Labute approximate surface area is 128 Å². The SMILES string of the molecule is COC(=O)c1cc2ccc(OCCN3CCOCC3)cc2o1. The summed E-state index contributed by atoms with van der Waals surface area (Å²) in [6.45, 7) is 4.94. The predicted molar refractivity (Wildman–Crippen MR) is 80.3 cm³/mol.